The summed E-state index contributed by atoms with van der Waals surface area (Å²) in [5, 5.41) is 0. The van der Waals surface area contributed by atoms with Crippen LogP contribution in [0, 0.1) is 6.92 Å². The maximum Gasteiger partial charge on any atom is 0.245 e. The molecule has 2 aromatic carbocycles. The highest BCUT2D eigenvalue weighted by atomic mass is 32.2. The summed E-state index contributed by atoms with van der Waals surface area (Å²) < 4.78 is 32.1. The Morgan fingerprint density at radius 2 is 1.63 bits per heavy atom. The van der Waals surface area contributed by atoms with Crippen molar-refractivity contribution in [3.05, 3.63) is 77.9 Å². The van der Waals surface area contributed by atoms with E-state index in [0.29, 0.717) is 11.4 Å². The number of sulfonamides is 1. The van der Waals surface area contributed by atoms with Crippen LogP contribution in [-0.2, 0) is 21.2 Å². The molecule has 0 radical (unpaired) electrons. The van der Waals surface area contributed by atoms with Gasteiger partial charge in [-0.15, -0.1) is 0 Å². The molecule has 0 amide bonds. The zero-order chi connectivity index (χ0) is 19.5. The van der Waals surface area contributed by atoms with E-state index in [1.54, 1.807) is 12.1 Å². The number of aryl methyl sites for hydroxylation is 2. The number of ether oxygens (including phenoxy) is 1. The molecule has 0 saturated carbocycles. The molecule has 0 bridgehead atoms. The number of hydrogen-bond donors (Lipinski definition) is 0. The highest BCUT2D eigenvalue weighted by Crippen LogP contribution is 2.17. The third-order valence-electron chi connectivity index (χ3n) is 4.32. The van der Waals surface area contributed by atoms with Gasteiger partial charge in [0.25, 0.3) is 0 Å². The van der Waals surface area contributed by atoms with E-state index in [1.165, 1.54) is 17.0 Å². The molecule has 27 heavy (non-hydrogen) atoms. The number of methoxy groups -OCH3 is 1. The fraction of sp³-hybridized carbons (Fsp3) is 0.364. The molecule has 0 heterocycles. The molecular weight excluding hydrogens is 358 g/mol. The van der Waals surface area contributed by atoms with E-state index in [2.05, 4.69) is 36.4 Å². The minimum atomic E-state index is -3.53. The SMILES string of the molecule is COCN(CCC/C=C/CCc1ccccc1)S(=O)(=O)c1ccc(C)cc1. The molecule has 2 rings (SSSR count). The molecule has 4 nitrogen and oxygen atoms in total. The van der Waals surface area contributed by atoms with Gasteiger partial charge in [0.05, 0.1) is 4.90 Å². The summed E-state index contributed by atoms with van der Waals surface area (Å²) in [5.41, 5.74) is 2.37. The van der Waals surface area contributed by atoms with E-state index in [9.17, 15) is 8.42 Å². The van der Waals surface area contributed by atoms with E-state index in [0.717, 1.165) is 31.2 Å². The summed E-state index contributed by atoms with van der Waals surface area (Å²) in [4.78, 5) is 0.309. The maximum absolute atomic E-state index is 12.8. The Bertz CT molecular complexity index is 799. The van der Waals surface area contributed by atoms with Gasteiger partial charge in [-0.2, -0.15) is 4.31 Å². The molecule has 0 aliphatic carbocycles. The lowest BCUT2D eigenvalue weighted by Crippen LogP contribution is -2.33. The summed E-state index contributed by atoms with van der Waals surface area (Å²) in [6, 6.07) is 17.3. The predicted octanol–water partition coefficient (Wildman–Crippen LogP) is 4.56. The van der Waals surface area contributed by atoms with Gasteiger partial charge in [-0.05, 0) is 50.3 Å². The molecule has 0 spiro atoms. The number of rotatable bonds is 11. The Hall–Kier alpha value is -1.95. The Kier molecular flexibility index (Phi) is 8.72. The summed E-state index contributed by atoms with van der Waals surface area (Å²) in [5.74, 6) is 0. The summed E-state index contributed by atoms with van der Waals surface area (Å²) >= 11 is 0. The van der Waals surface area contributed by atoms with Crippen molar-refractivity contribution < 1.29 is 13.2 Å². The number of unbranched alkanes of at least 4 members (excludes halogenated alkanes) is 1. The summed E-state index contributed by atoms with van der Waals surface area (Å²) in [7, 11) is -2.01. The molecule has 0 aromatic heterocycles. The van der Waals surface area contributed by atoms with Gasteiger partial charge in [-0.25, -0.2) is 8.42 Å². The number of nitrogens with zero attached hydrogens (tertiary/aromatic N) is 1. The van der Waals surface area contributed by atoms with Crippen LogP contribution in [0.5, 0.6) is 0 Å². The molecule has 0 saturated heterocycles. The van der Waals surface area contributed by atoms with Crippen LogP contribution >= 0.6 is 0 Å². The van der Waals surface area contributed by atoms with Crippen molar-refractivity contribution in [2.24, 2.45) is 0 Å². The van der Waals surface area contributed by atoms with Gasteiger partial charge in [-0.3, -0.25) is 0 Å². The van der Waals surface area contributed by atoms with Crippen LogP contribution in [0.25, 0.3) is 0 Å². The second-order valence-corrected chi connectivity index (χ2v) is 8.49. The van der Waals surface area contributed by atoms with Crippen LogP contribution in [0.2, 0.25) is 0 Å². The normalized spacial score (nSPS) is 12.1. The lowest BCUT2D eigenvalue weighted by atomic mass is 10.1. The number of allylic oxidation sites excluding steroid dienone is 2. The zero-order valence-electron chi connectivity index (χ0n) is 16.2. The minimum absolute atomic E-state index is 0.0634. The summed E-state index contributed by atoms with van der Waals surface area (Å²) in [6.45, 7) is 2.44. The van der Waals surface area contributed by atoms with Crippen LogP contribution in [-0.4, -0.2) is 33.1 Å². The molecule has 2 aromatic rings. The van der Waals surface area contributed by atoms with E-state index in [1.807, 2.05) is 25.1 Å². The molecule has 0 unspecified atom stereocenters. The topological polar surface area (TPSA) is 46.6 Å². The lowest BCUT2D eigenvalue weighted by molar-refractivity contribution is 0.116. The molecular formula is C22H29NO3S. The molecule has 0 N–H and O–H groups in total. The lowest BCUT2D eigenvalue weighted by Gasteiger charge is -2.21. The zero-order valence-corrected chi connectivity index (χ0v) is 17.0. The van der Waals surface area contributed by atoms with Crippen molar-refractivity contribution in [1.82, 2.24) is 4.31 Å². The van der Waals surface area contributed by atoms with Crippen molar-refractivity contribution in [2.75, 3.05) is 20.4 Å². The summed E-state index contributed by atoms with van der Waals surface area (Å²) in [6.07, 6.45) is 7.92. The average Bonchev–Trinajstić information content (AvgIpc) is 2.67. The van der Waals surface area contributed by atoms with Crippen molar-refractivity contribution >= 4 is 10.0 Å². The van der Waals surface area contributed by atoms with Crippen molar-refractivity contribution in [1.29, 1.82) is 0 Å². The molecule has 0 aliphatic heterocycles. The highest BCUT2D eigenvalue weighted by molar-refractivity contribution is 7.89. The fourth-order valence-corrected chi connectivity index (χ4v) is 4.17. The van der Waals surface area contributed by atoms with Gasteiger partial charge < -0.3 is 4.74 Å². The molecule has 146 valence electrons. The van der Waals surface area contributed by atoms with E-state index >= 15 is 0 Å². The van der Waals surface area contributed by atoms with E-state index < -0.39 is 10.0 Å². The molecule has 0 fully saturated rings. The predicted molar refractivity (Wildman–Crippen MR) is 110 cm³/mol. The van der Waals surface area contributed by atoms with Crippen molar-refractivity contribution in [3.8, 4) is 0 Å². The van der Waals surface area contributed by atoms with E-state index in [-0.39, 0.29) is 6.73 Å². The highest BCUT2D eigenvalue weighted by Gasteiger charge is 2.23. The number of hydrogen-bond acceptors (Lipinski definition) is 3. The van der Waals surface area contributed by atoms with Crippen LogP contribution in [0.1, 0.15) is 30.4 Å². The molecule has 0 atom stereocenters. The first kappa shape index (κ1) is 21.4. The first-order chi connectivity index (χ1) is 13.0. The Labute approximate surface area is 163 Å². The third-order valence-corrected chi connectivity index (χ3v) is 6.16. The van der Waals surface area contributed by atoms with Gasteiger partial charge in [0.15, 0.2) is 0 Å². The largest absolute Gasteiger partial charge is 0.368 e. The quantitative estimate of drug-likeness (QED) is 0.323. The minimum Gasteiger partial charge on any atom is -0.368 e. The van der Waals surface area contributed by atoms with Gasteiger partial charge in [0.1, 0.15) is 6.73 Å². The van der Waals surface area contributed by atoms with Crippen LogP contribution in [0.3, 0.4) is 0 Å². The second-order valence-electron chi connectivity index (χ2n) is 6.55. The van der Waals surface area contributed by atoms with Gasteiger partial charge in [-0.1, -0.05) is 60.2 Å². The first-order valence-corrected chi connectivity index (χ1v) is 10.7. The van der Waals surface area contributed by atoms with Crippen molar-refractivity contribution in [2.45, 2.75) is 37.5 Å². The monoisotopic (exact) mass is 387 g/mol. The second kappa shape index (κ2) is 11.0. The first-order valence-electron chi connectivity index (χ1n) is 9.28. The third kappa shape index (κ3) is 6.94. The van der Waals surface area contributed by atoms with Gasteiger partial charge >= 0.3 is 0 Å². The van der Waals surface area contributed by atoms with Crippen molar-refractivity contribution in [3.63, 3.8) is 0 Å². The van der Waals surface area contributed by atoms with Gasteiger partial charge in [0, 0.05) is 13.7 Å². The average molecular weight is 388 g/mol. The van der Waals surface area contributed by atoms with Crippen LogP contribution in [0.15, 0.2) is 71.6 Å². The number of benzene rings is 2. The Balaban J connectivity index is 1.81. The van der Waals surface area contributed by atoms with Crippen LogP contribution in [0.4, 0.5) is 0 Å². The molecule has 0 aliphatic rings. The van der Waals surface area contributed by atoms with Gasteiger partial charge in [0.2, 0.25) is 10.0 Å². The smallest absolute Gasteiger partial charge is 0.245 e. The standard InChI is InChI=1S/C22H29NO3S/c1-20-14-16-22(17-15-20)27(24,25)23(19-26-2)18-10-5-3-4-7-11-21-12-8-6-9-13-21/h3-4,6,8-9,12-17H,5,7,10-11,18-19H2,1-2H3/b4-3+. The Morgan fingerprint density at radius 3 is 2.30 bits per heavy atom. The maximum atomic E-state index is 12.8. The fourth-order valence-electron chi connectivity index (χ4n) is 2.77. The molecule has 5 heteroatoms. The van der Waals surface area contributed by atoms with E-state index in [4.69, 9.17) is 4.74 Å². The Morgan fingerprint density at radius 1 is 0.963 bits per heavy atom. The van der Waals surface area contributed by atoms with Crippen LogP contribution < -0.4 is 0 Å².